The van der Waals surface area contributed by atoms with Crippen LogP contribution in [0.2, 0.25) is 0 Å². The van der Waals surface area contributed by atoms with Crippen molar-refractivity contribution < 1.29 is 9.18 Å². The van der Waals surface area contributed by atoms with E-state index in [0.717, 1.165) is 11.8 Å². The normalized spacial score (nSPS) is 10.9. The minimum atomic E-state index is -0.366. The third kappa shape index (κ3) is 3.94. The van der Waals surface area contributed by atoms with Crippen molar-refractivity contribution in [2.24, 2.45) is 0 Å². The first kappa shape index (κ1) is 17.9. The van der Waals surface area contributed by atoms with Crippen LogP contribution in [0.1, 0.15) is 0 Å². The fourth-order valence-corrected chi connectivity index (χ4v) is 3.31. The van der Waals surface area contributed by atoms with Crippen LogP contribution in [-0.2, 0) is 4.79 Å². The molecular weight excluding hydrogens is 381 g/mol. The molecular formula is C19H14FN5O2S. The first-order valence-electron chi connectivity index (χ1n) is 8.32. The van der Waals surface area contributed by atoms with Crippen LogP contribution in [0.15, 0.2) is 70.6 Å². The minimum Gasteiger partial charge on any atom is -0.325 e. The Labute approximate surface area is 162 Å². The Hall–Kier alpha value is -3.46. The van der Waals surface area contributed by atoms with Crippen LogP contribution in [-0.4, -0.2) is 31.2 Å². The van der Waals surface area contributed by atoms with Crippen LogP contribution in [0.25, 0.3) is 17.0 Å². The van der Waals surface area contributed by atoms with Gasteiger partial charge >= 0.3 is 0 Å². The van der Waals surface area contributed by atoms with Gasteiger partial charge in [-0.2, -0.15) is 0 Å². The number of halogens is 1. The summed E-state index contributed by atoms with van der Waals surface area (Å²) >= 11 is 1.16. The zero-order chi connectivity index (χ0) is 19.5. The number of para-hydroxylation sites is 1. The molecule has 140 valence electrons. The lowest BCUT2D eigenvalue weighted by Crippen LogP contribution is -2.15. The Bertz CT molecular complexity index is 1190. The first-order chi connectivity index (χ1) is 13.6. The zero-order valence-corrected chi connectivity index (χ0v) is 15.2. The summed E-state index contributed by atoms with van der Waals surface area (Å²) in [4.78, 5) is 32.7. The Morgan fingerprint density at radius 2 is 1.86 bits per heavy atom. The fourth-order valence-electron chi connectivity index (χ4n) is 2.56. The Morgan fingerprint density at radius 3 is 2.61 bits per heavy atom. The second-order valence-electron chi connectivity index (χ2n) is 5.85. The van der Waals surface area contributed by atoms with Gasteiger partial charge < -0.3 is 5.32 Å². The number of aromatic nitrogens is 4. The second kappa shape index (κ2) is 7.65. The maximum Gasteiger partial charge on any atom is 0.266 e. The van der Waals surface area contributed by atoms with Gasteiger partial charge in [0.1, 0.15) is 5.82 Å². The Balaban J connectivity index is 1.61. The van der Waals surface area contributed by atoms with Crippen LogP contribution in [0.5, 0.6) is 0 Å². The SMILES string of the molecule is O=C(CSc1nc(-c2ccc(F)cc2)nc2cc(=O)[nH]n12)Nc1ccccc1. The van der Waals surface area contributed by atoms with E-state index >= 15 is 0 Å². The quantitative estimate of drug-likeness (QED) is 0.507. The standard InChI is InChI=1S/C19H14FN5O2S/c20-13-8-6-12(7-9-13)18-22-15-10-16(26)24-25(15)19(23-18)28-11-17(27)21-14-4-2-1-3-5-14/h1-10H,11H2,(H,21,27)(H,24,26). The highest BCUT2D eigenvalue weighted by Gasteiger charge is 2.13. The molecule has 2 aromatic heterocycles. The first-order valence-corrected chi connectivity index (χ1v) is 9.30. The molecule has 2 heterocycles. The lowest BCUT2D eigenvalue weighted by molar-refractivity contribution is -0.113. The third-order valence-electron chi connectivity index (χ3n) is 3.82. The van der Waals surface area contributed by atoms with Crippen molar-refractivity contribution in [2.75, 3.05) is 11.1 Å². The van der Waals surface area contributed by atoms with Crippen LogP contribution in [0.3, 0.4) is 0 Å². The molecule has 0 spiro atoms. The highest BCUT2D eigenvalue weighted by molar-refractivity contribution is 7.99. The van der Waals surface area contributed by atoms with Gasteiger partial charge in [0, 0.05) is 17.3 Å². The number of nitrogens with zero attached hydrogens (tertiary/aromatic N) is 3. The van der Waals surface area contributed by atoms with Crippen molar-refractivity contribution >= 4 is 29.0 Å². The van der Waals surface area contributed by atoms with E-state index in [4.69, 9.17) is 0 Å². The molecule has 2 aromatic carbocycles. The van der Waals surface area contributed by atoms with Gasteiger partial charge in [0.05, 0.1) is 5.75 Å². The topological polar surface area (TPSA) is 92.2 Å². The van der Waals surface area contributed by atoms with E-state index in [1.54, 1.807) is 24.3 Å². The average molecular weight is 395 g/mol. The molecule has 0 fully saturated rings. The molecule has 9 heteroatoms. The predicted octanol–water partition coefficient (Wildman–Crippen LogP) is 2.95. The summed E-state index contributed by atoms with van der Waals surface area (Å²) in [6.45, 7) is 0. The number of carbonyl (C=O) groups excluding carboxylic acids is 1. The van der Waals surface area contributed by atoms with Crippen molar-refractivity contribution in [3.8, 4) is 11.4 Å². The van der Waals surface area contributed by atoms with Crippen LogP contribution in [0.4, 0.5) is 10.1 Å². The van der Waals surface area contributed by atoms with Gasteiger partial charge in [-0.05, 0) is 36.4 Å². The van der Waals surface area contributed by atoms with Crippen LogP contribution < -0.4 is 10.9 Å². The lowest BCUT2D eigenvalue weighted by atomic mass is 10.2. The highest BCUT2D eigenvalue weighted by atomic mass is 32.2. The highest BCUT2D eigenvalue weighted by Crippen LogP contribution is 2.22. The smallest absolute Gasteiger partial charge is 0.266 e. The van der Waals surface area contributed by atoms with E-state index in [1.807, 2.05) is 18.2 Å². The van der Waals surface area contributed by atoms with Crippen LogP contribution in [0, 0.1) is 5.82 Å². The largest absolute Gasteiger partial charge is 0.325 e. The van der Waals surface area contributed by atoms with E-state index < -0.39 is 0 Å². The van der Waals surface area contributed by atoms with Crippen LogP contribution >= 0.6 is 11.8 Å². The predicted molar refractivity (Wildman–Crippen MR) is 105 cm³/mol. The van der Waals surface area contributed by atoms with Gasteiger partial charge in [0.15, 0.2) is 16.6 Å². The molecule has 0 aliphatic heterocycles. The van der Waals surface area contributed by atoms with Crippen molar-refractivity contribution in [1.29, 1.82) is 0 Å². The molecule has 0 bridgehead atoms. The van der Waals surface area contributed by atoms with E-state index in [-0.39, 0.29) is 23.0 Å². The number of amides is 1. The summed E-state index contributed by atoms with van der Waals surface area (Å²) in [7, 11) is 0. The van der Waals surface area contributed by atoms with Gasteiger partial charge in [-0.3, -0.25) is 14.7 Å². The number of anilines is 1. The number of thioether (sulfide) groups is 1. The number of rotatable bonds is 5. The fraction of sp³-hybridized carbons (Fsp3) is 0.0526. The zero-order valence-electron chi connectivity index (χ0n) is 14.4. The second-order valence-corrected chi connectivity index (χ2v) is 6.80. The number of aromatic amines is 1. The van der Waals surface area contributed by atoms with E-state index in [0.29, 0.717) is 27.9 Å². The van der Waals surface area contributed by atoms with Gasteiger partial charge in [-0.1, -0.05) is 30.0 Å². The van der Waals surface area contributed by atoms with E-state index in [1.165, 1.54) is 22.7 Å². The number of hydrogen-bond donors (Lipinski definition) is 2. The molecule has 0 saturated heterocycles. The summed E-state index contributed by atoms with van der Waals surface area (Å²) in [5.74, 6) is -0.148. The molecule has 4 aromatic rings. The summed E-state index contributed by atoms with van der Waals surface area (Å²) < 4.78 is 14.6. The number of carbonyl (C=O) groups is 1. The molecule has 2 N–H and O–H groups in total. The summed E-state index contributed by atoms with van der Waals surface area (Å²) in [6, 6.07) is 16.2. The van der Waals surface area contributed by atoms with Gasteiger partial charge in [-0.25, -0.2) is 18.9 Å². The van der Waals surface area contributed by atoms with Crippen molar-refractivity contribution in [2.45, 2.75) is 5.16 Å². The number of H-pyrrole nitrogens is 1. The third-order valence-corrected chi connectivity index (χ3v) is 4.76. The number of benzene rings is 2. The maximum atomic E-state index is 13.2. The molecule has 0 saturated carbocycles. The number of hydrogen-bond acceptors (Lipinski definition) is 5. The van der Waals surface area contributed by atoms with E-state index in [9.17, 15) is 14.0 Å². The summed E-state index contributed by atoms with van der Waals surface area (Å²) in [6.07, 6.45) is 0. The Morgan fingerprint density at radius 1 is 1.11 bits per heavy atom. The van der Waals surface area contributed by atoms with Crippen molar-refractivity contribution in [3.63, 3.8) is 0 Å². The molecule has 28 heavy (non-hydrogen) atoms. The molecule has 4 rings (SSSR count). The van der Waals surface area contributed by atoms with Gasteiger partial charge in [-0.15, -0.1) is 0 Å². The average Bonchev–Trinajstić information content (AvgIpc) is 3.07. The van der Waals surface area contributed by atoms with Crippen molar-refractivity contribution in [1.82, 2.24) is 19.6 Å². The van der Waals surface area contributed by atoms with Gasteiger partial charge in [0.2, 0.25) is 5.91 Å². The lowest BCUT2D eigenvalue weighted by Gasteiger charge is -2.08. The minimum absolute atomic E-state index is 0.0874. The monoisotopic (exact) mass is 395 g/mol. The van der Waals surface area contributed by atoms with E-state index in [2.05, 4.69) is 20.4 Å². The molecule has 7 nitrogen and oxygen atoms in total. The molecule has 0 unspecified atom stereocenters. The maximum absolute atomic E-state index is 13.2. The Kier molecular flexibility index (Phi) is 4.90. The molecule has 0 aliphatic carbocycles. The number of fused-ring (bicyclic) bond motifs is 1. The van der Waals surface area contributed by atoms with Gasteiger partial charge in [0.25, 0.3) is 5.56 Å². The molecule has 0 atom stereocenters. The van der Waals surface area contributed by atoms with Crippen molar-refractivity contribution in [3.05, 3.63) is 76.8 Å². The summed E-state index contributed by atoms with van der Waals surface area (Å²) in [5.41, 5.74) is 1.34. The number of nitrogens with one attached hydrogen (secondary N) is 2. The molecule has 1 amide bonds. The molecule has 0 radical (unpaired) electrons. The molecule has 0 aliphatic rings. The summed E-state index contributed by atoms with van der Waals surface area (Å²) in [5, 5.41) is 5.80.